The Kier molecular flexibility index (Phi) is 2.91. The Balaban J connectivity index is 2.65. The Hall–Kier alpha value is -0.733. The minimum atomic E-state index is -1.54. The SMILES string of the molecule is CC(C)(C)[Si](C)(C)n1ccc2cc(Cl)ccc21. The van der Waals surface area contributed by atoms with Crippen molar-refractivity contribution in [3.63, 3.8) is 0 Å². The molecule has 0 radical (unpaired) electrons. The molecule has 0 spiro atoms. The van der Waals surface area contributed by atoms with Gasteiger partial charge >= 0.3 is 0 Å². The van der Waals surface area contributed by atoms with Crippen molar-refractivity contribution < 1.29 is 0 Å². The number of rotatable bonds is 1. The highest BCUT2D eigenvalue weighted by molar-refractivity contribution is 6.79. The third kappa shape index (κ3) is 2.04. The molecule has 1 aromatic carbocycles. The largest absolute Gasteiger partial charge is 0.374 e. The molecular formula is C14H20ClNSi. The summed E-state index contributed by atoms with van der Waals surface area (Å²) in [5.74, 6) is 0. The van der Waals surface area contributed by atoms with E-state index in [1.54, 1.807) is 0 Å². The predicted molar refractivity (Wildman–Crippen MR) is 79.5 cm³/mol. The maximum absolute atomic E-state index is 6.03. The van der Waals surface area contributed by atoms with Gasteiger partial charge in [-0.3, -0.25) is 0 Å². The molecule has 2 aromatic rings. The van der Waals surface area contributed by atoms with E-state index in [4.69, 9.17) is 11.6 Å². The molecule has 0 aliphatic heterocycles. The van der Waals surface area contributed by atoms with Crippen LogP contribution in [-0.4, -0.2) is 12.5 Å². The number of benzene rings is 1. The molecule has 0 fully saturated rings. The van der Waals surface area contributed by atoms with Gasteiger partial charge in [-0.1, -0.05) is 45.5 Å². The summed E-state index contributed by atoms with van der Waals surface area (Å²) in [6.45, 7) is 11.8. The van der Waals surface area contributed by atoms with Crippen LogP contribution in [0.5, 0.6) is 0 Å². The molecule has 0 atom stereocenters. The Morgan fingerprint density at radius 3 is 2.35 bits per heavy atom. The van der Waals surface area contributed by atoms with E-state index >= 15 is 0 Å². The Morgan fingerprint density at radius 1 is 1.12 bits per heavy atom. The highest BCUT2D eigenvalue weighted by atomic mass is 35.5. The molecule has 0 aliphatic rings. The van der Waals surface area contributed by atoms with Crippen molar-refractivity contribution in [1.29, 1.82) is 0 Å². The molecule has 0 saturated heterocycles. The summed E-state index contributed by atoms with van der Waals surface area (Å²) in [5.41, 5.74) is 1.31. The van der Waals surface area contributed by atoms with Crippen molar-refractivity contribution in [3.8, 4) is 0 Å². The van der Waals surface area contributed by atoms with Gasteiger partial charge in [0.25, 0.3) is 0 Å². The summed E-state index contributed by atoms with van der Waals surface area (Å²) in [6, 6.07) is 8.33. The van der Waals surface area contributed by atoms with Gasteiger partial charge in [-0.2, -0.15) is 0 Å². The van der Waals surface area contributed by atoms with Crippen LogP contribution in [0.2, 0.25) is 23.2 Å². The highest BCUT2D eigenvalue weighted by Crippen LogP contribution is 2.39. The van der Waals surface area contributed by atoms with E-state index in [-0.39, 0.29) is 0 Å². The lowest BCUT2D eigenvalue weighted by atomic mass is 10.2. The second kappa shape index (κ2) is 3.89. The van der Waals surface area contributed by atoms with Crippen molar-refractivity contribution in [3.05, 3.63) is 35.5 Å². The molecule has 0 aliphatic carbocycles. The quantitative estimate of drug-likeness (QED) is 0.629. The summed E-state index contributed by atoms with van der Waals surface area (Å²) < 4.78 is 2.48. The first kappa shape index (κ1) is 12.7. The van der Waals surface area contributed by atoms with Gasteiger partial charge in [-0.15, -0.1) is 0 Å². The van der Waals surface area contributed by atoms with Crippen molar-refractivity contribution >= 4 is 30.7 Å². The Labute approximate surface area is 109 Å². The summed E-state index contributed by atoms with van der Waals surface area (Å²) in [5, 5.41) is 2.38. The zero-order valence-electron chi connectivity index (χ0n) is 11.2. The standard InChI is InChI=1S/C14H20ClNSi/c1-14(2,3)17(4,5)16-9-8-11-10-12(15)6-7-13(11)16/h6-10H,1-5H3. The number of aromatic nitrogens is 1. The first-order valence-electron chi connectivity index (χ1n) is 6.00. The molecule has 0 amide bonds. The zero-order valence-corrected chi connectivity index (χ0v) is 13.0. The molecule has 3 heteroatoms. The molecule has 0 bridgehead atoms. The number of halogens is 1. The molecule has 0 N–H and O–H groups in total. The first-order valence-corrected chi connectivity index (χ1v) is 9.33. The van der Waals surface area contributed by atoms with E-state index in [1.165, 1.54) is 10.9 Å². The van der Waals surface area contributed by atoms with Crippen molar-refractivity contribution in [2.24, 2.45) is 0 Å². The third-order valence-electron chi connectivity index (χ3n) is 4.09. The molecular weight excluding hydrogens is 246 g/mol. The van der Waals surface area contributed by atoms with E-state index in [0.29, 0.717) is 5.04 Å². The fourth-order valence-corrected chi connectivity index (χ4v) is 4.12. The van der Waals surface area contributed by atoms with E-state index in [9.17, 15) is 0 Å². The smallest absolute Gasteiger partial charge is 0.161 e. The molecule has 0 saturated carbocycles. The number of fused-ring (bicyclic) bond motifs is 1. The first-order chi connectivity index (χ1) is 7.73. The van der Waals surface area contributed by atoms with Gasteiger partial charge in [0, 0.05) is 15.9 Å². The number of hydrogen-bond acceptors (Lipinski definition) is 0. The van der Waals surface area contributed by atoms with Crippen molar-refractivity contribution in [2.45, 2.75) is 38.9 Å². The van der Waals surface area contributed by atoms with Gasteiger partial charge in [-0.05, 0) is 35.5 Å². The summed E-state index contributed by atoms with van der Waals surface area (Å²) in [6.07, 6.45) is 2.22. The van der Waals surface area contributed by atoms with Crippen LogP contribution in [0.15, 0.2) is 30.5 Å². The normalized spacial score (nSPS) is 13.3. The van der Waals surface area contributed by atoms with Gasteiger partial charge in [0.15, 0.2) is 8.24 Å². The van der Waals surface area contributed by atoms with E-state index in [2.05, 4.69) is 56.4 Å². The topological polar surface area (TPSA) is 4.93 Å². The van der Waals surface area contributed by atoms with E-state index in [1.807, 2.05) is 12.1 Å². The van der Waals surface area contributed by atoms with Crippen LogP contribution in [0.1, 0.15) is 20.8 Å². The lowest BCUT2D eigenvalue weighted by Gasteiger charge is -2.38. The minimum Gasteiger partial charge on any atom is -0.374 e. The maximum Gasteiger partial charge on any atom is 0.161 e. The predicted octanol–water partition coefficient (Wildman–Crippen LogP) is 5.15. The van der Waals surface area contributed by atoms with Gasteiger partial charge in [0.05, 0.1) is 0 Å². The number of nitrogens with zero attached hydrogens (tertiary/aromatic N) is 1. The highest BCUT2D eigenvalue weighted by Gasteiger charge is 2.37. The summed E-state index contributed by atoms with van der Waals surface area (Å²) >= 11 is 6.03. The zero-order chi connectivity index (χ0) is 12.8. The van der Waals surface area contributed by atoms with Crippen molar-refractivity contribution in [2.75, 3.05) is 0 Å². The average Bonchev–Trinajstić information content (AvgIpc) is 2.58. The van der Waals surface area contributed by atoms with E-state index in [0.717, 1.165) is 5.02 Å². The summed E-state index contributed by atoms with van der Waals surface area (Å²) in [7, 11) is -1.54. The van der Waals surface area contributed by atoms with E-state index < -0.39 is 8.24 Å². The van der Waals surface area contributed by atoms with Gasteiger partial charge in [0.1, 0.15) is 0 Å². The molecule has 0 unspecified atom stereocenters. The lowest BCUT2D eigenvalue weighted by molar-refractivity contribution is 0.703. The second-order valence-corrected chi connectivity index (χ2v) is 11.7. The van der Waals surface area contributed by atoms with Crippen LogP contribution >= 0.6 is 11.6 Å². The lowest BCUT2D eigenvalue weighted by Crippen LogP contribution is -2.44. The van der Waals surface area contributed by atoms with Crippen LogP contribution < -0.4 is 0 Å². The molecule has 1 aromatic heterocycles. The fraction of sp³-hybridized carbons (Fsp3) is 0.429. The molecule has 2 rings (SSSR count). The van der Waals surface area contributed by atoms with Crippen LogP contribution in [0.25, 0.3) is 10.9 Å². The number of hydrogen-bond donors (Lipinski definition) is 0. The maximum atomic E-state index is 6.03. The molecule has 92 valence electrons. The molecule has 17 heavy (non-hydrogen) atoms. The Bertz CT molecular complexity index is 549. The minimum absolute atomic E-state index is 0.332. The van der Waals surface area contributed by atoms with Crippen molar-refractivity contribution in [1.82, 2.24) is 4.23 Å². The third-order valence-corrected chi connectivity index (χ3v) is 9.59. The Morgan fingerprint density at radius 2 is 1.76 bits per heavy atom. The second-order valence-electron chi connectivity index (χ2n) is 6.20. The van der Waals surface area contributed by atoms with Gasteiger partial charge in [0.2, 0.25) is 0 Å². The van der Waals surface area contributed by atoms with Crippen LogP contribution in [-0.2, 0) is 0 Å². The van der Waals surface area contributed by atoms with Crippen LogP contribution in [0, 0.1) is 0 Å². The van der Waals surface area contributed by atoms with Crippen LogP contribution in [0.3, 0.4) is 0 Å². The molecule has 1 nitrogen and oxygen atoms in total. The summed E-state index contributed by atoms with van der Waals surface area (Å²) in [4.78, 5) is 0. The monoisotopic (exact) mass is 265 g/mol. The average molecular weight is 266 g/mol. The molecule has 1 heterocycles. The fourth-order valence-electron chi connectivity index (χ4n) is 1.96. The van der Waals surface area contributed by atoms with Gasteiger partial charge < -0.3 is 4.23 Å². The van der Waals surface area contributed by atoms with Crippen LogP contribution in [0.4, 0.5) is 0 Å². The van der Waals surface area contributed by atoms with Gasteiger partial charge in [-0.25, -0.2) is 0 Å².